The van der Waals surface area contributed by atoms with Crippen LogP contribution in [0.25, 0.3) is 94.7 Å². The third kappa shape index (κ3) is 4.52. The van der Waals surface area contributed by atoms with Crippen LogP contribution in [0.4, 0.5) is 0 Å². The van der Waals surface area contributed by atoms with Crippen molar-refractivity contribution >= 4 is 43.7 Å². The highest BCUT2D eigenvalue weighted by atomic mass is 16.3. The van der Waals surface area contributed by atoms with Gasteiger partial charge in [0, 0.05) is 43.8 Å². The summed E-state index contributed by atoms with van der Waals surface area (Å²) in [5, 5.41) is 3.91. The van der Waals surface area contributed by atoms with Gasteiger partial charge in [0.05, 0.1) is 19.5 Å². The van der Waals surface area contributed by atoms with Crippen LogP contribution in [0, 0.1) is 0 Å². The standard InChI is InChI=1S/C45H28N4O/c1-3-14-29(15-4-1)43-46-44(30-16-5-2-6-17-30)48-45(47-43)37-28-31(32-21-13-22-36-35-20-9-12-25-41(35)50-42(32)36)26-27-40(37)49-38-23-10-7-18-33(38)34-19-8-11-24-39(34)49/h1-28H/i23D,24D. The summed E-state index contributed by atoms with van der Waals surface area (Å²) in [6.45, 7) is 0. The van der Waals surface area contributed by atoms with Crippen LogP contribution in [0.15, 0.2) is 174 Å². The zero-order chi connectivity index (χ0) is 34.8. The Morgan fingerprint density at radius 3 is 1.68 bits per heavy atom. The molecule has 0 N–H and O–H groups in total. The Kier molecular flexibility index (Phi) is 5.96. The van der Waals surface area contributed by atoms with Gasteiger partial charge in [-0.15, -0.1) is 0 Å². The van der Waals surface area contributed by atoms with E-state index in [4.69, 9.17) is 22.1 Å². The Morgan fingerprint density at radius 2 is 1.00 bits per heavy atom. The van der Waals surface area contributed by atoms with Gasteiger partial charge < -0.3 is 8.98 Å². The molecule has 0 unspecified atom stereocenters. The number of rotatable bonds is 5. The summed E-state index contributed by atoms with van der Waals surface area (Å²) in [5.41, 5.74) is 8.13. The topological polar surface area (TPSA) is 56.7 Å². The first-order valence-electron chi connectivity index (χ1n) is 17.5. The van der Waals surface area contributed by atoms with Gasteiger partial charge in [0.25, 0.3) is 0 Å². The van der Waals surface area contributed by atoms with Gasteiger partial charge in [-0.05, 0) is 35.8 Å². The lowest BCUT2D eigenvalue weighted by molar-refractivity contribution is 0.670. The number of hydrogen-bond acceptors (Lipinski definition) is 4. The smallest absolute Gasteiger partial charge is 0.166 e. The molecule has 7 aromatic carbocycles. The van der Waals surface area contributed by atoms with Crippen molar-refractivity contribution in [2.75, 3.05) is 0 Å². The third-order valence-corrected chi connectivity index (χ3v) is 9.30. The van der Waals surface area contributed by atoms with Gasteiger partial charge >= 0.3 is 0 Å². The number of aromatic nitrogens is 4. The van der Waals surface area contributed by atoms with E-state index < -0.39 is 0 Å². The predicted octanol–water partition coefficient (Wildman–Crippen LogP) is 11.5. The summed E-state index contributed by atoms with van der Waals surface area (Å²) >= 11 is 0. The highest BCUT2D eigenvalue weighted by Crippen LogP contribution is 2.41. The quantitative estimate of drug-likeness (QED) is 0.187. The van der Waals surface area contributed by atoms with Gasteiger partial charge in [0.15, 0.2) is 17.5 Å². The Balaban J connectivity index is 1.32. The lowest BCUT2D eigenvalue weighted by Gasteiger charge is -2.16. The summed E-state index contributed by atoms with van der Waals surface area (Å²) < 4.78 is 26.7. The lowest BCUT2D eigenvalue weighted by Crippen LogP contribution is -2.04. The fourth-order valence-electron chi connectivity index (χ4n) is 6.99. The fraction of sp³-hybridized carbons (Fsp3) is 0. The molecule has 0 spiro atoms. The largest absolute Gasteiger partial charge is 0.455 e. The van der Waals surface area contributed by atoms with Crippen molar-refractivity contribution in [2.24, 2.45) is 0 Å². The molecule has 0 bridgehead atoms. The maximum Gasteiger partial charge on any atom is 0.166 e. The van der Waals surface area contributed by atoms with E-state index in [1.54, 1.807) is 12.1 Å². The van der Waals surface area contributed by atoms with Crippen LogP contribution in [0.2, 0.25) is 0 Å². The summed E-state index contributed by atoms with van der Waals surface area (Å²) in [4.78, 5) is 15.3. The highest BCUT2D eigenvalue weighted by Gasteiger charge is 2.21. The van der Waals surface area contributed by atoms with E-state index in [1.807, 2.05) is 108 Å². The maximum atomic E-state index is 9.11. The number of hydrogen-bond donors (Lipinski definition) is 0. The van der Waals surface area contributed by atoms with Gasteiger partial charge in [-0.25, -0.2) is 15.0 Å². The van der Waals surface area contributed by atoms with E-state index in [9.17, 15) is 0 Å². The number of nitrogens with zero attached hydrogens (tertiary/aromatic N) is 4. The van der Waals surface area contributed by atoms with E-state index in [2.05, 4.69) is 42.5 Å². The molecule has 0 radical (unpaired) electrons. The molecule has 0 saturated carbocycles. The highest BCUT2D eigenvalue weighted by molar-refractivity contribution is 6.11. The van der Waals surface area contributed by atoms with E-state index in [0.717, 1.165) is 66.2 Å². The number of para-hydroxylation sites is 4. The van der Waals surface area contributed by atoms with Crippen LogP contribution in [0.5, 0.6) is 0 Å². The lowest BCUT2D eigenvalue weighted by atomic mass is 9.98. The van der Waals surface area contributed by atoms with Gasteiger partial charge in [0.2, 0.25) is 0 Å². The van der Waals surface area contributed by atoms with Crippen LogP contribution >= 0.6 is 0 Å². The molecule has 0 amide bonds. The Morgan fingerprint density at radius 1 is 0.440 bits per heavy atom. The first-order valence-corrected chi connectivity index (χ1v) is 16.5. The molecular weight excluding hydrogens is 613 g/mol. The first kappa shape index (κ1) is 26.1. The first-order chi connectivity index (χ1) is 25.6. The molecule has 0 fully saturated rings. The number of furan rings is 1. The minimum Gasteiger partial charge on any atom is -0.455 e. The zero-order valence-corrected chi connectivity index (χ0v) is 26.7. The second-order valence-corrected chi connectivity index (χ2v) is 12.3. The molecule has 10 aromatic rings. The van der Waals surface area contributed by atoms with E-state index in [-0.39, 0.29) is 0 Å². The Bertz CT molecular complexity index is 2870. The summed E-state index contributed by atoms with van der Waals surface area (Å²) in [6.07, 6.45) is 0. The molecular formula is C45H28N4O. The van der Waals surface area contributed by atoms with Crippen LogP contribution in [0.3, 0.4) is 0 Å². The van der Waals surface area contributed by atoms with Crippen molar-refractivity contribution in [3.8, 4) is 51.0 Å². The molecule has 0 aliphatic heterocycles. The Labute approximate surface area is 290 Å². The minimum atomic E-state index is 0.362. The normalized spacial score (nSPS) is 12.2. The molecule has 0 saturated heterocycles. The molecule has 234 valence electrons. The van der Waals surface area contributed by atoms with E-state index in [0.29, 0.717) is 40.6 Å². The van der Waals surface area contributed by atoms with Crippen LogP contribution in [-0.2, 0) is 0 Å². The van der Waals surface area contributed by atoms with Crippen molar-refractivity contribution in [1.82, 2.24) is 19.5 Å². The fourth-order valence-corrected chi connectivity index (χ4v) is 6.99. The van der Waals surface area contributed by atoms with E-state index in [1.165, 1.54) is 0 Å². The number of benzene rings is 7. The van der Waals surface area contributed by atoms with Crippen LogP contribution < -0.4 is 0 Å². The van der Waals surface area contributed by atoms with Crippen molar-refractivity contribution in [2.45, 2.75) is 0 Å². The van der Waals surface area contributed by atoms with E-state index >= 15 is 0 Å². The monoisotopic (exact) mass is 642 g/mol. The molecule has 10 rings (SSSR count). The summed E-state index contributed by atoms with van der Waals surface area (Å²) in [5.74, 6) is 1.57. The van der Waals surface area contributed by atoms with Crippen molar-refractivity contribution in [1.29, 1.82) is 0 Å². The molecule has 0 aliphatic rings. The summed E-state index contributed by atoms with van der Waals surface area (Å²) in [7, 11) is 0. The van der Waals surface area contributed by atoms with Gasteiger partial charge in [-0.2, -0.15) is 0 Å². The molecule has 0 atom stereocenters. The third-order valence-electron chi connectivity index (χ3n) is 9.30. The minimum absolute atomic E-state index is 0.362. The molecule has 3 heterocycles. The maximum absolute atomic E-state index is 9.11. The average Bonchev–Trinajstić information content (AvgIpc) is 3.76. The number of fused-ring (bicyclic) bond motifs is 6. The van der Waals surface area contributed by atoms with Crippen LogP contribution in [0.1, 0.15) is 2.74 Å². The molecule has 0 aliphatic carbocycles. The van der Waals surface area contributed by atoms with Gasteiger partial charge in [0.1, 0.15) is 11.2 Å². The second kappa shape index (κ2) is 11.4. The predicted molar refractivity (Wildman–Crippen MR) is 203 cm³/mol. The molecule has 50 heavy (non-hydrogen) atoms. The molecule has 5 heteroatoms. The van der Waals surface area contributed by atoms with Gasteiger partial charge in [-0.3, -0.25) is 0 Å². The molecule has 5 nitrogen and oxygen atoms in total. The van der Waals surface area contributed by atoms with Crippen molar-refractivity contribution in [3.05, 3.63) is 170 Å². The van der Waals surface area contributed by atoms with Crippen molar-refractivity contribution in [3.63, 3.8) is 0 Å². The second-order valence-electron chi connectivity index (χ2n) is 12.3. The zero-order valence-electron chi connectivity index (χ0n) is 28.7. The molecule has 3 aromatic heterocycles. The van der Waals surface area contributed by atoms with Gasteiger partial charge in [-0.1, -0.05) is 140 Å². The van der Waals surface area contributed by atoms with Crippen LogP contribution in [-0.4, -0.2) is 19.5 Å². The SMILES string of the molecule is [2H]c1cccc2c3cccc([2H])c3n(-c3ccc(-c4cccc5c4oc4ccccc45)cc3-c3nc(-c4ccccc4)nc(-c4ccccc4)n3)c12. The Hall–Kier alpha value is -6.85. The van der Waals surface area contributed by atoms with Crippen molar-refractivity contribution < 1.29 is 7.16 Å². The average molecular weight is 643 g/mol. The summed E-state index contributed by atoms with van der Waals surface area (Å²) in [6, 6.07) is 52.5.